The molecule has 0 unspecified atom stereocenters. The largest absolute Gasteiger partial charge is 0.476 e. The molecular formula is C9H14N2O3. The quantitative estimate of drug-likeness (QED) is 0.692. The molecule has 0 aromatic carbocycles. The predicted molar refractivity (Wildman–Crippen MR) is 50.8 cm³/mol. The number of likely N-dealkylation sites (N-methyl/N-ethyl adjacent to an activating group) is 1. The van der Waals surface area contributed by atoms with E-state index in [1.54, 1.807) is 6.07 Å². The average Bonchev–Trinajstić information content (AvgIpc) is 2.43. The predicted octanol–water partition coefficient (Wildman–Crippen LogP) is 0.528. The molecule has 0 bridgehead atoms. The Morgan fingerprint density at radius 3 is 2.71 bits per heavy atom. The van der Waals surface area contributed by atoms with E-state index in [2.05, 4.69) is 0 Å². The van der Waals surface area contributed by atoms with Gasteiger partial charge in [-0.15, -0.1) is 0 Å². The van der Waals surface area contributed by atoms with E-state index in [1.807, 2.05) is 19.0 Å². The number of aromatic nitrogens is 1. The maximum Gasteiger partial charge on any atom is 0.356 e. The number of nitrogens with zero attached hydrogens (tertiary/aromatic N) is 2. The zero-order valence-electron chi connectivity index (χ0n) is 8.27. The fraction of sp³-hybridized carbons (Fsp3) is 0.444. The Morgan fingerprint density at radius 1 is 1.57 bits per heavy atom. The Morgan fingerprint density at radius 2 is 2.21 bits per heavy atom. The van der Waals surface area contributed by atoms with Gasteiger partial charge in [0.15, 0.2) is 5.69 Å². The van der Waals surface area contributed by atoms with Crippen molar-refractivity contribution in [2.24, 2.45) is 0 Å². The third-order valence-electron chi connectivity index (χ3n) is 1.98. The van der Waals surface area contributed by atoms with Crippen molar-refractivity contribution < 1.29 is 15.1 Å². The zero-order chi connectivity index (χ0) is 10.7. The van der Waals surface area contributed by atoms with Gasteiger partial charge >= 0.3 is 5.97 Å². The Labute approximate surface area is 82.1 Å². The first-order chi connectivity index (χ1) is 6.52. The molecule has 14 heavy (non-hydrogen) atoms. The van der Waals surface area contributed by atoms with Crippen molar-refractivity contribution >= 4 is 5.97 Å². The van der Waals surface area contributed by atoms with Crippen LogP contribution in [0.2, 0.25) is 0 Å². The summed E-state index contributed by atoms with van der Waals surface area (Å²) in [6.45, 7) is 0.754. The second-order valence-corrected chi connectivity index (χ2v) is 3.39. The van der Waals surface area contributed by atoms with Crippen LogP contribution in [0.25, 0.3) is 0 Å². The molecule has 0 fully saturated rings. The summed E-state index contributed by atoms with van der Waals surface area (Å²) in [5.74, 6) is -1.11. The van der Waals surface area contributed by atoms with Gasteiger partial charge in [-0.2, -0.15) is 4.73 Å². The van der Waals surface area contributed by atoms with Crippen molar-refractivity contribution in [1.82, 2.24) is 9.63 Å². The third-order valence-corrected chi connectivity index (χ3v) is 1.98. The zero-order valence-corrected chi connectivity index (χ0v) is 8.27. The average molecular weight is 198 g/mol. The van der Waals surface area contributed by atoms with Gasteiger partial charge in [-0.25, -0.2) is 4.79 Å². The smallest absolute Gasteiger partial charge is 0.356 e. The van der Waals surface area contributed by atoms with E-state index in [9.17, 15) is 10.0 Å². The minimum absolute atomic E-state index is 0.0492. The van der Waals surface area contributed by atoms with Gasteiger partial charge in [-0.1, -0.05) is 0 Å². The summed E-state index contributed by atoms with van der Waals surface area (Å²) < 4.78 is 0.646. The molecule has 0 aliphatic carbocycles. The molecule has 1 aromatic rings. The summed E-state index contributed by atoms with van der Waals surface area (Å²) in [6, 6.07) is 1.62. The van der Waals surface area contributed by atoms with Crippen LogP contribution in [-0.4, -0.2) is 46.6 Å². The van der Waals surface area contributed by atoms with E-state index in [4.69, 9.17) is 5.11 Å². The van der Waals surface area contributed by atoms with Gasteiger partial charge in [0.1, 0.15) is 0 Å². The highest BCUT2D eigenvalue weighted by Crippen LogP contribution is 2.10. The van der Waals surface area contributed by atoms with Crippen LogP contribution >= 0.6 is 0 Å². The van der Waals surface area contributed by atoms with Crippen molar-refractivity contribution in [3.8, 4) is 0 Å². The number of carboxylic acids is 1. The molecule has 1 aromatic heterocycles. The van der Waals surface area contributed by atoms with E-state index < -0.39 is 5.97 Å². The fourth-order valence-corrected chi connectivity index (χ4v) is 1.24. The lowest BCUT2D eigenvalue weighted by molar-refractivity contribution is 0.0642. The van der Waals surface area contributed by atoms with Gasteiger partial charge in [0.2, 0.25) is 0 Å². The Kier molecular flexibility index (Phi) is 3.14. The lowest BCUT2D eigenvalue weighted by Crippen LogP contribution is -2.17. The Hall–Kier alpha value is -1.49. The highest BCUT2D eigenvalue weighted by atomic mass is 16.5. The summed E-state index contributed by atoms with van der Waals surface area (Å²) >= 11 is 0. The third kappa shape index (κ3) is 2.26. The normalized spacial score (nSPS) is 10.8. The highest BCUT2D eigenvalue weighted by Gasteiger charge is 2.15. The van der Waals surface area contributed by atoms with Crippen molar-refractivity contribution in [2.45, 2.75) is 6.42 Å². The van der Waals surface area contributed by atoms with Crippen molar-refractivity contribution in [2.75, 3.05) is 20.6 Å². The van der Waals surface area contributed by atoms with Crippen LogP contribution < -0.4 is 0 Å². The van der Waals surface area contributed by atoms with Crippen LogP contribution in [-0.2, 0) is 6.42 Å². The molecule has 5 heteroatoms. The molecule has 0 radical (unpaired) electrons. The van der Waals surface area contributed by atoms with Gasteiger partial charge in [-0.3, -0.25) is 0 Å². The van der Waals surface area contributed by atoms with E-state index in [1.165, 1.54) is 6.20 Å². The van der Waals surface area contributed by atoms with E-state index in [-0.39, 0.29) is 5.69 Å². The van der Waals surface area contributed by atoms with Gasteiger partial charge in [0.25, 0.3) is 0 Å². The summed E-state index contributed by atoms with van der Waals surface area (Å²) in [5, 5.41) is 18.0. The molecule has 0 saturated heterocycles. The number of hydrogen-bond donors (Lipinski definition) is 2. The lowest BCUT2D eigenvalue weighted by atomic mass is 10.2. The van der Waals surface area contributed by atoms with E-state index >= 15 is 0 Å². The minimum atomic E-state index is -1.11. The molecule has 1 rings (SSSR count). The first kappa shape index (κ1) is 10.6. The first-order valence-electron chi connectivity index (χ1n) is 4.30. The van der Waals surface area contributed by atoms with E-state index in [0.29, 0.717) is 16.7 Å². The van der Waals surface area contributed by atoms with Gasteiger partial charge in [0, 0.05) is 12.7 Å². The number of hydrogen-bond acceptors (Lipinski definition) is 3. The minimum Gasteiger partial charge on any atom is -0.476 e. The van der Waals surface area contributed by atoms with Gasteiger partial charge in [-0.05, 0) is 32.1 Å². The Balaban J connectivity index is 2.81. The number of rotatable bonds is 4. The number of aromatic carboxylic acids is 1. The van der Waals surface area contributed by atoms with Crippen LogP contribution in [0.4, 0.5) is 0 Å². The highest BCUT2D eigenvalue weighted by molar-refractivity contribution is 5.87. The Bertz CT molecular complexity index is 331. The maximum atomic E-state index is 10.8. The number of carbonyl (C=O) groups is 1. The second kappa shape index (κ2) is 4.15. The molecule has 1 heterocycles. The summed E-state index contributed by atoms with van der Waals surface area (Å²) in [6.07, 6.45) is 1.95. The van der Waals surface area contributed by atoms with Crippen LogP contribution in [0.5, 0.6) is 0 Å². The van der Waals surface area contributed by atoms with Gasteiger partial charge in [0.05, 0.1) is 0 Å². The van der Waals surface area contributed by atoms with Crippen molar-refractivity contribution in [1.29, 1.82) is 0 Å². The second-order valence-electron chi connectivity index (χ2n) is 3.39. The molecule has 0 aliphatic heterocycles. The lowest BCUT2D eigenvalue weighted by Gasteiger charge is -2.08. The molecule has 0 amide bonds. The molecule has 0 spiro atoms. The summed E-state index contributed by atoms with van der Waals surface area (Å²) in [4.78, 5) is 12.7. The summed E-state index contributed by atoms with van der Waals surface area (Å²) in [5.41, 5.74) is 0.598. The van der Waals surface area contributed by atoms with Crippen molar-refractivity contribution in [3.05, 3.63) is 23.5 Å². The fourth-order valence-electron chi connectivity index (χ4n) is 1.24. The molecule has 5 nitrogen and oxygen atoms in total. The van der Waals surface area contributed by atoms with Crippen molar-refractivity contribution in [3.63, 3.8) is 0 Å². The monoisotopic (exact) mass is 198 g/mol. The summed E-state index contributed by atoms with van der Waals surface area (Å²) in [7, 11) is 3.83. The SMILES string of the molecule is CN(C)CCc1ccn(O)c1C(=O)O. The van der Waals surface area contributed by atoms with Crippen LogP contribution in [0.1, 0.15) is 16.1 Å². The molecule has 78 valence electrons. The van der Waals surface area contributed by atoms with E-state index in [0.717, 1.165) is 6.54 Å². The standard InChI is InChI=1S/C9H14N2O3/c1-10(2)5-3-7-4-6-11(14)8(7)9(12)13/h4,6,14H,3,5H2,1-2H3,(H,12,13). The van der Waals surface area contributed by atoms with Crippen LogP contribution in [0, 0.1) is 0 Å². The molecular weight excluding hydrogens is 184 g/mol. The maximum absolute atomic E-state index is 10.8. The van der Waals surface area contributed by atoms with Crippen LogP contribution in [0.15, 0.2) is 12.3 Å². The molecule has 2 N–H and O–H groups in total. The molecule has 0 saturated carbocycles. The first-order valence-corrected chi connectivity index (χ1v) is 4.30. The van der Waals surface area contributed by atoms with Gasteiger partial charge < -0.3 is 15.2 Å². The molecule has 0 aliphatic rings. The topological polar surface area (TPSA) is 65.7 Å². The molecule has 0 atom stereocenters. The number of carboxylic acid groups (broad SMARTS) is 1. The van der Waals surface area contributed by atoms with Crippen LogP contribution in [0.3, 0.4) is 0 Å².